The van der Waals surface area contributed by atoms with Gasteiger partial charge in [-0.25, -0.2) is 9.37 Å². The molecule has 2 fully saturated rings. The molecular weight excluding hydrogens is 593 g/mol. The van der Waals surface area contributed by atoms with Gasteiger partial charge in [0.1, 0.15) is 24.0 Å². The third-order valence-corrected chi connectivity index (χ3v) is 9.05. The highest BCUT2D eigenvalue weighted by atomic mass is 19.1. The lowest BCUT2D eigenvalue weighted by Crippen LogP contribution is -2.62. The Morgan fingerprint density at radius 1 is 1.22 bits per heavy atom. The highest BCUT2D eigenvalue weighted by molar-refractivity contribution is 5.97. The van der Waals surface area contributed by atoms with Gasteiger partial charge in [0.2, 0.25) is 0 Å². The number of anilines is 1. The molecule has 0 saturated carbocycles. The van der Waals surface area contributed by atoms with Crippen LogP contribution in [0.15, 0.2) is 24.5 Å². The third kappa shape index (κ3) is 8.68. The number of nitrogens with one attached hydrogen (secondary N) is 1. The highest BCUT2D eigenvalue weighted by Gasteiger charge is 2.50. The molecule has 254 valence electrons. The number of carbonyl (C=O) groups is 2. The molecule has 2 aromatic rings. The van der Waals surface area contributed by atoms with E-state index in [4.69, 9.17) is 14.2 Å². The molecule has 2 atom stereocenters. The van der Waals surface area contributed by atoms with Gasteiger partial charge in [0.05, 0.1) is 12.2 Å². The molecule has 2 saturated heterocycles. The number of benzene rings is 1. The van der Waals surface area contributed by atoms with Crippen molar-refractivity contribution in [1.29, 1.82) is 0 Å². The van der Waals surface area contributed by atoms with Crippen LogP contribution in [-0.4, -0.2) is 115 Å². The first-order valence-corrected chi connectivity index (χ1v) is 16.3. The van der Waals surface area contributed by atoms with Gasteiger partial charge >= 0.3 is 0 Å². The summed E-state index contributed by atoms with van der Waals surface area (Å²) in [5.74, 6) is 0.687. The molecule has 2 aliphatic heterocycles. The topological polar surface area (TPSA) is 122 Å². The maximum Gasteiger partial charge on any atom is 0.293 e. The number of nitrogens with zero attached hydrogens (tertiary/aromatic N) is 6. The van der Waals surface area contributed by atoms with Gasteiger partial charge < -0.3 is 29.3 Å². The molecular formula is C33H50FN7O5. The van der Waals surface area contributed by atoms with E-state index in [1.807, 2.05) is 20.8 Å². The summed E-state index contributed by atoms with van der Waals surface area (Å²) < 4.78 is 30.6. The molecule has 0 radical (unpaired) electrons. The summed E-state index contributed by atoms with van der Waals surface area (Å²) >= 11 is 0. The number of aromatic nitrogens is 3. The molecule has 1 N–H and O–H groups in total. The molecule has 4 rings (SSSR count). The first-order valence-electron chi connectivity index (χ1n) is 16.3. The second-order valence-electron chi connectivity index (χ2n) is 13.1. The van der Waals surface area contributed by atoms with Gasteiger partial charge in [0.25, 0.3) is 18.3 Å². The quantitative estimate of drug-likeness (QED) is 0.189. The normalized spacial score (nSPS) is 17.3. The Labute approximate surface area is 272 Å². The largest absolute Gasteiger partial charge is 0.461 e. The number of ether oxygens (including phenoxy) is 3. The minimum absolute atomic E-state index is 0.0553. The summed E-state index contributed by atoms with van der Waals surface area (Å²) in [5.41, 5.74) is 0.293. The molecule has 1 aromatic carbocycles. The van der Waals surface area contributed by atoms with E-state index >= 15 is 0 Å². The van der Waals surface area contributed by atoms with Crippen molar-refractivity contribution in [3.63, 3.8) is 0 Å². The van der Waals surface area contributed by atoms with E-state index in [2.05, 4.69) is 44.1 Å². The van der Waals surface area contributed by atoms with Crippen molar-refractivity contribution >= 4 is 18.2 Å². The molecule has 0 unspecified atom stereocenters. The number of likely N-dealkylation sites (tertiary alicyclic amines) is 1. The molecule has 1 aromatic heterocycles. The number of hydrogen-bond donors (Lipinski definition) is 1. The second-order valence-corrected chi connectivity index (χ2v) is 13.1. The van der Waals surface area contributed by atoms with Gasteiger partial charge in [-0.2, -0.15) is 0 Å². The molecule has 2 aliphatic rings. The predicted molar refractivity (Wildman–Crippen MR) is 173 cm³/mol. The summed E-state index contributed by atoms with van der Waals surface area (Å²) in [7, 11) is 1.59. The van der Waals surface area contributed by atoms with Crippen molar-refractivity contribution in [2.45, 2.75) is 72.1 Å². The number of hydrogen-bond acceptors (Lipinski definition) is 11. The van der Waals surface area contributed by atoms with Crippen LogP contribution in [-0.2, 0) is 14.3 Å². The number of methoxy groups -OCH3 is 1. The molecule has 1 spiro atoms. The Hall–Kier alpha value is -3.42. The third-order valence-electron chi connectivity index (χ3n) is 9.05. The van der Waals surface area contributed by atoms with Crippen LogP contribution in [0.5, 0.6) is 11.6 Å². The molecule has 1 amide bonds. The Balaban J connectivity index is 1.36. The van der Waals surface area contributed by atoms with Crippen LogP contribution in [0.25, 0.3) is 0 Å². The lowest BCUT2D eigenvalue weighted by molar-refractivity contribution is -0.135. The Bertz CT molecular complexity index is 1290. The SMILES string of the molecule is CCN(C(=O)c1cc(F)ccc1Oc1nncnc1N1CCC2(C1)CN([C@H](CCCNC[C@H](COC)OC=O)C(C)C)C2)C(C)C. The maximum atomic E-state index is 14.3. The fourth-order valence-electron chi connectivity index (χ4n) is 6.77. The number of rotatable bonds is 18. The zero-order chi connectivity index (χ0) is 33.3. The summed E-state index contributed by atoms with van der Waals surface area (Å²) in [6, 6.07) is 4.37. The van der Waals surface area contributed by atoms with E-state index in [0.717, 1.165) is 52.0 Å². The van der Waals surface area contributed by atoms with E-state index in [1.54, 1.807) is 12.0 Å². The van der Waals surface area contributed by atoms with E-state index in [0.29, 0.717) is 43.9 Å². The maximum absolute atomic E-state index is 14.3. The summed E-state index contributed by atoms with van der Waals surface area (Å²) in [5, 5.41) is 11.6. The summed E-state index contributed by atoms with van der Waals surface area (Å²) in [6.07, 6.45) is 4.24. The van der Waals surface area contributed by atoms with Crippen LogP contribution in [0.3, 0.4) is 0 Å². The average Bonchev–Trinajstić information content (AvgIpc) is 3.45. The van der Waals surface area contributed by atoms with Crippen LogP contribution in [0, 0.1) is 17.2 Å². The van der Waals surface area contributed by atoms with E-state index in [-0.39, 0.29) is 40.7 Å². The first kappa shape index (κ1) is 35.4. The van der Waals surface area contributed by atoms with E-state index < -0.39 is 5.82 Å². The van der Waals surface area contributed by atoms with Crippen molar-refractivity contribution in [3.05, 3.63) is 35.9 Å². The fourth-order valence-corrected chi connectivity index (χ4v) is 6.77. The smallest absolute Gasteiger partial charge is 0.293 e. The van der Waals surface area contributed by atoms with Gasteiger partial charge in [-0.3, -0.25) is 14.5 Å². The Kier molecular flexibility index (Phi) is 12.6. The standard InChI is InChI=1S/C33H50FN7O5/c1-7-41(24(4)5)32(43)27-15-25(34)10-11-29(27)46-31-30(36-21-37-38-31)39-14-12-33(18-39)19-40(20-33)28(23(2)3)9-8-13-35-16-26(17-44-6)45-22-42/h10-11,15,21-24,26,28,35H,7-9,12-14,16-20H2,1-6H3/t26-,28-/m1/s1. The van der Waals surface area contributed by atoms with E-state index in [9.17, 15) is 14.0 Å². The Morgan fingerprint density at radius 3 is 2.67 bits per heavy atom. The van der Waals surface area contributed by atoms with Gasteiger partial charge in [0.15, 0.2) is 5.82 Å². The molecule has 0 bridgehead atoms. The van der Waals surface area contributed by atoms with Crippen LogP contribution in [0.1, 0.15) is 64.2 Å². The Morgan fingerprint density at radius 2 is 2.00 bits per heavy atom. The predicted octanol–water partition coefficient (Wildman–Crippen LogP) is 3.77. The average molecular weight is 644 g/mol. The van der Waals surface area contributed by atoms with Crippen molar-refractivity contribution in [2.24, 2.45) is 11.3 Å². The molecule has 12 nitrogen and oxygen atoms in total. The zero-order valence-electron chi connectivity index (χ0n) is 28.1. The summed E-state index contributed by atoms with van der Waals surface area (Å²) in [6.45, 7) is 16.7. The number of amides is 1. The second kappa shape index (κ2) is 16.4. The van der Waals surface area contributed by atoms with Crippen molar-refractivity contribution in [2.75, 3.05) is 64.4 Å². The molecule has 0 aliphatic carbocycles. The number of carbonyl (C=O) groups excluding carboxylic acids is 2. The van der Waals surface area contributed by atoms with Crippen molar-refractivity contribution in [1.82, 2.24) is 30.3 Å². The van der Waals surface area contributed by atoms with Gasteiger partial charge in [0, 0.05) is 63.9 Å². The van der Waals surface area contributed by atoms with Crippen LogP contribution < -0.4 is 15.0 Å². The lowest BCUT2D eigenvalue weighted by atomic mass is 9.76. The minimum Gasteiger partial charge on any atom is -0.461 e. The van der Waals surface area contributed by atoms with Gasteiger partial charge in [-0.1, -0.05) is 13.8 Å². The molecule has 13 heteroatoms. The number of halogens is 1. The van der Waals surface area contributed by atoms with Gasteiger partial charge in [-0.15, -0.1) is 10.2 Å². The van der Waals surface area contributed by atoms with Crippen LogP contribution >= 0.6 is 0 Å². The molecule has 46 heavy (non-hydrogen) atoms. The van der Waals surface area contributed by atoms with Crippen molar-refractivity contribution < 1.29 is 28.2 Å². The summed E-state index contributed by atoms with van der Waals surface area (Å²) in [4.78, 5) is 35.0. The first-order chi connectivity index (χ1) is 22.1. The fraction of sp³-hybridized carbons (Fsp3) is 0.667. The highest BCUT2D eigenvalue weighted by Crippen LogP contribution is 2.44. The zero-order valence-corrected chi connectivity index (χ0v) is 28.1. The van der Waals surface area contributed by atoms with Crippen molar-refractivity contribution in [3.8, 4) is 11.6 Å². The molecule has 3 heterocycles. The van der Waals surface area contributed by atoms with Gasteiger partial charge in [-0.05, 0) is 70.7 Å². The minimum atomic E-state index is -0.514. The van der Waals surface area contributed by atoms with Crippen LogP contribution in [0.4, 0.5) is 10.2 Å². The monoisotopic (exact) mass is 643 g/mol. The van der Waals surface area contributed by atoms with E-state index in [1.165, 1.54) is 24.5 Å². The lowest BCUT2D eigenvalue weighted by Gasteiger charge is -2.53. The van der Waals surface area contributed by atoms with Crippen LogP contribution in [0.2, 0.25) is 0 Å².